The van der Waals surface area contributed by atoms with Crippen LogP contribution in [0.1, 0.15) is 12.8 Å². The second-order valence-corrected chi connectivity index (χ2v) is 4.40. The summed E-state index contributed by atoms with van der Waals surface area (Å²) in [5.41, 5.74) is 0.744. The molecule has 0 aliphatic heterocycles. The molecule has 1 amide bonds. The third-order valence-corrected chi connectivity index (χ3v) is 2.85. The lowest BCUT2D eigenvalue weighted by Crippen LogP contribution is -2.31. The first-order valence-corrected chi connectivity index (χ1v) is 6.58. The summed E-state index contributed by atoms with van der Waals surface area (Å²) < 4.78 is 0. The molecule has 114 valence electrons. The van der Waals surface area contributed by atoms with Crippen molar-refractivity contribution in [2.75, 3.05) is 25.0 Å². The summed E-state index contributed by atoms with van der Waals surface area (Å²) in [5, 5.41) is 30.7. The minimum atomic E-state index is -0.471. The molecule has 8 heteroatoms. The summed E-state index contributed by atoms with van der Waals surface area (Å²) in [6, 6.07) is 9.68. The summed E-state index contributed by atoms with van der Waals surface area (Å²) in [6.07, 6.45) is 0.756. The van der Waals surface area contributed by atoms with Crippen LogP contribution in [-0.2, 0) is 4.79 Å². The van der Waals surface area contributed by atoms with Crippen molar-refractivity contribution >= 4 is 17.3 Å². The zero-order valence-electron chi connectivity index (χ0n) is 11.9. The van der Waals surface area contributed by atoms with Gasteiger partial charge in [0.15, 0.2) is 0 Å². The molecule has 0 atom stereocenters. The summed E-state index contributed by atoms with van der Waals surface area (Å²) in [4.78, 5) is 23.0. The van der Waals surface area contributed by atoms with Crippen molar-refractivity contribution in [2.24, 2.45) is 0 Å². The highest BCUT2D eigenvalue weighted by molar-refractivity contribution is 5.76. The van der Waals surface area contributed by atoms with Gasteiger partial charge < -0.3 is 10.2 Å². The molecule has 0 saturated carbocycles. The fourth-order valence-electron chi connectivity index (χ4n) is 1.73. The van der Waals surface area contributed by atoms with Gasteiger partial charge in [-0.1, -0.05) is 0 Å². The van der Waals surface area contributed by atoms with Crippen molar-refractivity contribution in [3.05, 3.63) is 34.4 Å². The molecule has 0 saturated heterocycles. The molecule has 1 aromatic rings. The Balaban J connectivity index is 2.35. The van der Waals surface area contributed by atoms with E-state index in [0.717, 1.165) is 5.69 Å². The summed E-state index contributed by atoms with van der Waals surface area (Å²) >= 11 is 0. The maximum atomic E-state index is 11.8. The van der Waals surface area contributed by atoms with Crippen LogP contribution in [0.5, 0.6) is 0 Å². The average molecular weight is 301 g/mol. The van der Waals surface area contributed by atoms with Crippen LogP contribution in [0.15, 0.2) is 24.3 Å². The number of rotatable bonds is 8. The van der Waals surface area contributed by atoms with Crippen LogP contribution in [-0.4, -0.2) is 35.4 Å². The van der Waals surface area contributed by atoms with E-state index in [4.69, 9.17) is 10.5 Å². The highest BCUT2D eigenvalue weighted by atomic mass is 16.6. The Morgan fingerprint density at radius 1 is 1.23 bits per heavy atom. The second-order valence-electron chi connectivity index (χ2n) is 4.40. The topological polar surface area (TPSA) is 123 Å². The Morgan fingerprint density at radius 2 is 1.82 bits per heavy atom. The van der Waals surface area contributed by atoms with E-state index in [1.54, 1.807) is 12.1 Å². The van der Waals surface area contributed by atoms with E-state index in [2.05, 4.69) is 5.32 Å². The van der Waals surface area contributed by atoms with Gasteiger partial charge in [0.05, 0.1) is 17.1 Å². The SMILES string of the molecule is N#CCN(CC#N)C(=O)CCCNc1ccc([N+](=O)[O-])cc1. The third-order valence-electron chi connectivity index (χ3n) is 2.85. The molecule has 0 aliphatic rings. The Hall–Kier alpha value is -3.13. The molecule has 0 radical (unpaired) electrons. The average Bonchev–Trinajstić information content (AvgIpc) is 2.51. The Kier molecular flexibility index (Phi) is 6.87. The lowest BCUT2D eigenvalue weighted by molar-refractivity contribution is -0.384. The minimum Gasteiger partial charge on any atom is -0.385 e. The minimum absolute atomic E-state index is 0.0179. The lowest BCUT2D eigenvalue weighted by atomic mass is 10.2. The van der Waals surface area contributed by atoms with Crippen LogP contribution in [0, 0.1) is 32.8 Å². The molecule has 1 aromatic carbocycles. The van der Waals surface area contributed by atoms with Gasteiger partial charge in [-0.3, -0.25) is 14.9 Å². The number of non-ortho nitro benzene ring substituents is 1. The van der Waals surface area contributed by atoms with E-state index in [1.165, 1.54) is 17.0 Å². The zero-order chi connectivity index (χ0) is 16.4. The molecular formula is C14H15N5O3. The van der Waals surface area contributed by atoms with E-state index in [0.29, 0.717) is 13.0 Å². The Morgan fingerprint density at radius 3 is 2.32 bits per heavy atom. The monoisotopic (exact) mass is 301 g/mol. The van der Waals surface area contributed by atoms with E-state index in [1.807, 2.05) is 12.1 Å². The summed E-state index contributed by atoms with van der Waals surface area (Å²) in [5.74, 6) is -0.242. The van der Waals surface area contributed by atoms with Gasteiger partial charge in [-0.15, -0.1) is 0 Å². The number of carbonyl (C=O) groups excluding carboxylic acids is 1. The quantitative estimate of drug-likeness (QED) is 0.337. The van der Waals surface area contributed by atoms with Crippen LogP contribution in [0.25, 0.3) is 0 Å². The molecule has 1 rings (SSSR count). The predicted octanol–water partition coefficient (Wildman–Crippen LogP) is 1.66. The Labute approximate surface area is 127 Å². The first-order valence-electron chi connectivity index (χ1n) is 6.58. The second kappa shape index (κ2) is 8.93. The van der Waals surface area contributed by atoms with Crippen LogP contribution in [0.3, 0.4) is 0 Å². The van der Waals surface area contributed by atoms with Gasteiger partial charge in [0, 0.05) is 30.8 Å². The van der Waals surface area contributed by atoms with Gasteiger partial charge in [-0.05, 0) is 18.6 Å². The summed E-state index contributed by atoms with van der Waals surface area (Å²) in [7, 11) is 0. The van der Waals surface area contributed by atoms with E-state index >= 15 is 0 Å². The fourth-order valence-corrected chi connectivity index (χ4v) is 1.73. The maximum Gasteiger partial charge on any atom is 0.269 e. The highest BCUT2D eigenvalue weighted by Gasteiger charge is 2.11. The fraction of sp³-hybridized carbons (Fsp3) is 0.357. The van der Waals surface area contributed by atoms with E-state index in [-0.39, 0.29) is 31.1 Å². The third kappa shape index (κ3) is 5.47. The molecule has 0 spiro atoms. The molecule has 0 fully saturated rings. The molecule has 0 bridgehead atoms. The predicted molar refractivity (Wildman–Crippen MR) is 78.6 cm³/mol. The number of anilines is 1. The summed E-state index contributed by atoms with van der Waals surface area (Å²) in [6.45, 7) is 0.320. The van der Waals surface area contributed by atoms with Gasteiger partial charge in [-0.2, -0.15) is 10.5 Å². The lowest BCUT2D eigenvalue weighted by Gasteiger charge is -2.15. The molecule has 0 unspecified atom stereocenters. The number of nitrogens with zero attached hydrogens (tertiary/aromatic N) is 4. The maximum absolute atomic E-state index is 11.8. The largest absolute Gasteiger partial charge is 0.385 e. The number of benzene rings is 1. The van der Waals surface area contributed by atoms with Crippen molar-refractivity contribution in [1.82, 2.24) is 4.90 Å². The number of nitro groups is 1. The van der Waals surface area contributed by atoms with Crippen molar-refractivity contribution in [2.45, 2.75) is 12.8 Å². The smallest absolute Gasteiger partial charge is 0.269 e. The van der Waals surface area contributed by atoms with Gasteiger partial charge >= 0.3 is 0 Å². The molecule has 0 aliphatic carbocycles. The van der Waals surface area contributed by atoms with Crippen molar-refractivity contribution in [3.63, 3.8) is 0 Å². The standard InChI is InChI=1S/C14H15N5O3/c15-7-10-18(11-8-16)14(20)2-1-9-17-12-3-5-13(6-4-12)19(21)22/h3-6,17H,1-2,9-11H2. The van der Waals surface area contributed by atoms with Crippen molar-refractivity contribution < 1.29 is 9.72 Å². The number of nitrogens with one attached hydrogen (secondary N) is 1. The number of nitro benzene ring substituents is 1. The van der Waals surface area contributed by atoms with Crippen LogP contribution < -0.4 is 5.32 Å². The van der Waals surface area contributed by atoms with Crippen LogP contribution in [0.4, 0.5) is 11.4 Å². The molecule has 22 heavy (non-hydrogen) atoms. The van der Waals surface area contributed by atoms with Gasteiger partial charge in [0.1, 0.15) is 13.1 Å². The molecule has 1 N–H and O–H groups in total. The normalized spacial score (nSPS) is 9.36. The van der Waals surface area contributed by atoms with E-state index < -0.39 is 4.92 Å². The van der Waals surface area contributed by atoms with E-state index in [9.17, 15) is 14.9 Å². The Bertz CT molecular complexity index is 584. The van der Waals surface area contributed by atoms with Crippen LogP contribution in [0.2, 0.25) is 0 Å². The van der Waals surface area contributed by atoms with Gasteiger partial charge in [0.25, 0.3) is 5.69 Å². The number of carbonyl (C=O) groups is 1. The van der Waals surface area contributed by atoms with Gasteiger partial charge in [0.2, 0.25) is 5.91 Å². The number of nitriles is 2. The zero-order valence-corrected chi connectivity index (χ0v) is 11.9. The van der Waals surface area contributed by atoms with Gasteiger partial charge in [-0.25, -0.2) is 0 Å². The molecule has 0 aromatic heterocycles. The molecule has 8 nitrogen and oxygen atoms in total. The van der Waals surface area contributed by atoms with Crippen molar-refractivity contribution in [1.29, 1.82) is 10.5 Å². The van der Waals surface area contributed by atoms with Crippen molar-refractivity contribution in [3.8, 4) is 12.1 Å². The molecule has 0 heterocycles. The molecular weight excluding hydrogens is 286 g/mol. The number of hydrogen-bond donors (Lipinski definition) is 1. The number of amides is 1. The van der Waals surface area contributed by atoms with Crippen LogP contribution >= 0.6 is 0 Å². The highest BCUT2D eigenvalue weighted by Crippen LogP contribution is 2.15. The first-order chi connectivity index (χ1) is 10.6. The number of hydrogen-bond acceptors (Lipinski definition) is 6. The first kappa shape index (κ1) is 16.9.